The molecule has 9 nitrogen and oxygen atoms in total. The number of tetrazole rings is 1. The van der Waals surface area contributed by atoms with E-state index in [9.17, 15) is 18.4 Å². The van der Waals surface area contributed by atoms with Crippen LogP contribution in [-0.2, 0) is 16.1 Å². The third kappa shape index (κ3) is 5.21. The van der Waals surface area contributed by atoms with Gasteiger partial charge < -0.3 is 10.1 Å². The summed E-state index contributed by atoms with van der Waals surface area (Å²) in [6.07, 6.45) is -0.374. The number of amides is 2. The second-order valence-corrected chi connectivity index (χ2v) is 8.37. The van der Waals surface area contributed by atoms with Crippen LogP contribution in [0.2, 0.25) is 5.02 Å². The molecule has 0 saturated carbocycles. The molecule has 12 heteroatoms. The molecule has 3 rings (SSSR count). The van der Waals surface area contributed by atoms with E-state index in [1.807, 2.05) is 0 Å². The first-order valence-corrected chi connectivity index (χ1v) is 9.50. The molecule has 30 heavy (non-hydrogen) atoms. The number of carbonyl (C=O) groups excluding carboxylic acids is 2. The van der Waals surface area contributed by atoms with E-state index in [1.165, 1.54) is 11.0 Å². The molecule has 0 spiro atoms. The summed E-state index contributed by atoms with van der Waals surface area (Å²) < 4.78 is 34.5. The fraction of sp³-hybridized carbons (Fsp3) is 0.500. The number of carbonyl (C=O) groups is 2. The quantitative estimate of drug-likeness (QED) is 0.780. The molecule has 2 amide bonds. The molecule has 2 aromatic rings. The van der Waals surface area contributed by atoms with Crippen molar-refractivity contribution in [3.63, 3.8) is 0 Å². The standard InChI is InChI=1S/C18H21ClF2N6O3/c1-17(2,3)30-16(29)26-9-18(20,21)7-14(26)15(28)22-8-11-6-12(19)4-5-13(11)27-10-23-24-25-27/h4-6,10,14H,7-9H2,1-3H3,(H,22,28)/t14-/m0/s1. The summed E-state index contributed by atoms with van der Waals surface area (Å²) in [5, 5.41) is 13.9. The molecule has 1 aromatic carbocycles. The highest BCUT2D eigenvalue weighted by Crippen LogP contribution is 2.33. The van der Waals surface area contributed by atoms with Crippen molar-refractivity contribution in [1.29, 1.82) is 0 Å². The summed E-state index contributed by atoms with van der Waals surface area (Å²) in [5.41, 5.74) is 0.250. The van der Waals surface area contributed by atoms with Gasteiger partial charge in [0.2, 0.25) is 5.91 Å². The fourth-order valence-corrected chi connectivity index (χ4v) is 3.25. The predicted octanol–water partition coefficient (Wildman–Crippen LogP) is 2.58. The highest BCUT2D eigenvalue weighted by atomic mass is 35.5. The van der Waals surface area contributed by atoms with Crippen LogP contribution in [0, 0.1) is 0 Å². The van der Waals surface area contributed by atoms with Crippen molar-refractivity contribution in [2.45, 2.75) is 51.3 Å². The van der Waals surface area contributed by atoms with Gasteiger partial charge in [-0.25, -0.2) is 18.3 Å². The molecule has 0 bridgehead atoms. The lowest BCUT2D eigenvalue weighted by molar-refractivity contribution is -0.125. The first-order valence-electron chi connectivity index (χ1n) is 9.12. The van der Waals surface area contributed by atoms with E-state index in [0.29, 0.717) is 16.3 Å². The average molecular weight is 443 g/mol. The largest absolute Gasteiger partial charge is 0.444 e. The van der Waals surface area contributed by atoms with Gasteiger partial charge in [0.05, 0.1) is 12.2 Å². The van der Waals surface area contributed by atoms with Crippen LogP contribution >= 0.6 is 11.6 Å². The van der Waals surface area contributed by atoms with Crippen molar-refractivity contribution in [2.75, 3.05) is 6.54 Å². The van der Waals surface area contributed by atoms with E-state index in [1.54, 1.807) is 39.0 Å². The number of rotatable bonds is 4. The number of nitrogens with zero attached hydrogens (tertiary/aromatic N) is 5. The number of hydrogen-bond acceptors (Lipinski definition) is 6. The van der Waals surface area contributed by atoms with Gasteiger partial charge in [0.25, 0.3) is 5.92 Å². The van der Waals surface area contributed by atoms with Gasteiger partial charge in [-0.15, -0.1) is 5.10 Å². The van der Waals surface area contributed by atoms with Gasteiger partial charge in [0, 0.05) is 18.0 Å². The van der Waals surface area contributed by atoms with E-state index in [2.05, 4.69) is 20.8 Å². The zero-order valence-corrected chi connectivity index (χ0v) is 17.4. The molecule has 1 fully saturated rings. The number of hydrogen-bond donors (Lipinski definition) is 1. The molecule has 1 saturated heterocycles. The van der Waals surface area contributed by atoms with Gasteiger partial charge in [-0.1, -0.05) is 11.6 Å². The Kier molecular flexibility index (Phi) is 5.93. The van der Waals surface area contributed by atoms with Crippen molar-refractivity contribution < 1.29 is 23.1 Å². The minimum absolute atomic E-state index is 0.0290. The fourth-order valence-electron chi connectivity index (χ4n) is 3.05. The van der Waals surface area contributed by atoms with E-state index in [4.69, 9.17) is 16.3 Å². The summed E-state index contributed by atoms with van der Waals surface area (Å²) in [6.45, 7) is 3.95. The minimum Gasteiger partial charge on any atom is -0.444 e. The monoisotopic (exact) mass is 442 g/mol. The van der Waals surface area contributed by atoms with Crippen LogP contribution in [0.4, 0.5) is 13.6 Å². The number of likely N-dealkylation sites (tertiary alicyclic amines) is 1. The topological polar surface area (TPSA) is 102 Å². The van der Waals surface area contributed by atoms with Gasteiger partial charge in [0.1, 0.15) is 18.0 Å². The lowest BCUT2D eigenvalue weighted by Crippen LogP contribution is -2.47. The third-order valence-electron chi connectivity index (χ3n) is 4.29. The smallest absolute Gasteiger partial charge is 0.411 e. The molecule has 1 atom stereocenters. The molecule has 0 aliphatic carbocycles. The molecule has 0 unspecified atom stereocenters. The van der Waals surface area contributed by atoms with Crippen molar-refractivity contribution in [3.8, 4) is 5.69 Å². The summed E-state index contributed by atoms with van der Waals surface area (Å²) in [7, 11) is 0. The zero-order valence-electron chi connectivity index (χ0n) is 16.6. The Morgan fingerprint density at radius 2 is 2.10 bits per heavy atom. The summed E-state index contributed by atoms with van der Waals surface area (Å²) in [6, 6.07) is 3.54. The second-order valence-electron chi connectivity index (χ2n) is 7.93. The number of halogens is 3. The lowest BCUT2D eigenvalue weighted by Gasteiger charge is -2.27. The highest BCUT2D eigenvalue weighted by molar-refractivity contribution is 6.30. The molecule has 0 radical (unpaired) electrons. The number of nitrogens with one attached hydrogen (secondary N) is 1. The number of alkyl halides is 2. The van der Waals surface area contributed by atoms with Crippen LogP contribution in [0.1, 0.15) is 32.8 Å². The van der Waals surface area contributed by atoms with Crippen LogP contribution in [0.15, 0.2) is 24.5 Å². The molecule has 1 aliphatic rings. The van der Waals surface area contributed by atoms with E-state index in [0.717, 1.165) is 4.90 Å². The number of benzene rings is 1. The molecule has 1 N–H and O–H groups in total. The molecular formula is C18H21ClF2N6O3. The van der Waals surface area contributed by atoms with Gasteiger partial charge in [0.15, 0.2) is 0 Å². The molecular weight excluding hydrogens is 422 g/mol. The SMILES string of the molecule is CC(C)(C)OC(=O)N1CC(F)(F)C[C@H]1C(=O)NCc1cc(Cl)ccc1-n1cnnn1. The maximum atomic E-state index is 14.0. The van der Waals surface area contributed by atoms with Crippen LogP contribution in [-0.4, -0.2) is 61.2 Å². The van der Waals surface area contributed by atoms with Crippen LogP contribution in [0.5, 0.6) is 0 Å². The molecule has 2 heterocycles. The first kappa shape index (κ1) is 21.9. The summed E-state index contributed by atoms with van der Waals surface area (Å²) >= 11 is 6.04. The van der Waals surface area contributed by atoms with Crippen LogP contribution in [0.25, 0.3) is 5.69 Å². The van der Waals surface area contributed by atoms with E-state index >= 15 is 0 Å². The van der Waals surface area contributed by atoms with Gasteiger partial charge in [-0.2, -0.15) is 0 Å². The summed E-state index contributed by atoms with van der Waals surface area (Å²) in [4.78, 5) is 25.8. The molecule has 1 aromatic heterocycles. The van der Waals surface area contributed by atoms with Gasteiger partial charge in [-0.05, 0) is 55.0 Å². The van der Waals surface area contributed by atoms with Crippen molar-refractivity contribution in [2.24, 2.45) is 0 Å². The van der Waals surface area contributed by atoms with Crippen LogP contribution in [0.3, 0.4) is 0 Å². The lowest BCUT2D eigenvalue weighted by atomic mass is 10.1. The van der Waals surface area contributed by atoms with Gasteiger partial charge >= 0.3 is 6.09 Å². The first-order chi connectivity index (χ1) is 14.0. The highest BCUT2D eigenvalue weighted by Gasteiger charge is 2.51. The van der Waals surface area contributed by atoms with E-state index in [-0.39, 0.29) is 6.54 Å². The number of aromatic nitrogens is 4. The van der Waals surface area contributed by atoms with Gasteiger partial charge in [-0.3, -0.25) is 9.69 Å². The second kappa shape index (κ2) is 8.13. The Balaban J connectivity index is 1.75. The summed E-state index contributed by atoms with van der Waals surface area (Å²) in [5.74, 6) is -3.91. The normalized spacial score (nSPS) is 18.3. The van der Waals surface area contributed by atoms with Crippen molar-refractivity contribution >= 4 is 23.6 Å². The minimum atomic E-state index is -3.19. The third-order valence-corrected chi connectivity index (χ3v) is 4.53. The maximum Gasteiger partial charge on any atom is 0.411 e. The zero-order chi connectivity index (χ0) is 22.1. The van der Waals surface area contributed by atoms with Crippen molar-refractivity contribution in [1.82, 2.24) is 30.4 Å². The van der Waals surface area contributed by atoms with Crippen LogP contribution < -0.4 is 5.32 Å². The Morgan fingerprint density at radius 3 is 2.73 bits per heavy atom. The molecule has 1 aliphatic heterocycles. The Bertz CT molecular complexity index is 932. The number of ether oxygens (including phenoxy) is 1. The Hall–Kier alpha value is -2.82. The Labute approximate surface area is 176 Å². The Morgan fingerprint density at radius 1 is 1.37 bits per heavy atom. The molecule has 162 valence electrons. The van der Waals surface area contributed by atoms with Crippen molar-refractivity contribution in [3.05, 3.63) is 35.1 Å². The average Bonchev–Trinajstić information content (AvgIpc) is 3.26. The predicted molar refractivity (Wildman–Crippen MR) is 102 cm³/mol. The van der Waals surface area contributed by atoms with E-state index < -0.39 is 42.5 Å². The maximum absolute atomic E-state index is 14.0.